The summed E-state index contributed by atoms with van der Waals surface area (Å²) in [6.45, 7) is 1.14. The summed E-state index contributed by atoms with van der Waals surface area (Å²) in [4.78, 5) is 24.3. The second-order valence-electron chi connectivity index (χ2n) is 6.08. The normalized spacial score (nSPS) is 16.5. The van der Waals surface area contributed by atoms with E-state index in [-0.39, 0.29) is 17.7 Å². The lowest BCUT2D eigenvalue weighted by Crippen LogP contribution is -2.29. The van der Waals surface area contributed by atoms with Gasteiger partial charge in [0.25, 0.3) is 11.8 Å². The number of hydrogen-bond donors (Lipinski definition) is 0. The van der Waals surface area contributed by atoms with Crippen molar-refractivity contribution in [1.29, 1.82) is 0 Å². The first-order chi connectivity index (χ1) is 13.2. The van der Waals surface area contributed by atoms with E-state index in [1.54, 1.807) is 28.4 Å². The lowest BCUT2D eigenvalue weighted by atomic mass is 10.1. The number of methoxy groups -OCH3 is 2. The molecule has 3 aromatic rings. The maximum absolute atomic E-state index is 12.9. The molecule has 27 heavy (non-hydrogen) atoms. The molecule has 1 amide bonds. The second-order valence-corrected chi connectivity index (χ2v) is 7.03. The first-order valence-corrected chi connectivity index (χ1v) is 9.33. The molecule has 9 heteroatoms. The SMILES string of the molecule is COc1ccc(C(=O)N2CCC(c3noc(-c4cccs4)n3)C2)c(OC)n1. The molecular weight excluding hydrogens is 368 g/mol. The van der Waals surface area contributed by atoms with Crippen LogP contribution in [0.2, 0.25) is 0 Å². The van der Waals surface area contributed by atoms with Crippen LogP contribution in [0.5, 0.6) is 11.8 Å². The van der Waals surface area contributed by atoms with E-state index in [1.807, 2.05) is 17.5 Å². The molecule has 0 N–H and O–H groups in total. The Morgan fingerprint density at radius 3 is 2.89 bits per heavy atom. The Bertz CT molecular complexity index is 941. The van der Waals surface area contributed by atoms with Crippen LogP contribution in [0.25, 0.3) is 10.8 Å². The molecule has 4 rings (SSSR count). The predicted molar refractivity (Wildman–Crippen MR) is 98.2 cm³/mol. The van der Waals surface area contributed by atoms with E-state index < -0.39 is 0 Å². The van der Waals surface area contributed by atoms with Crippen molar-refractivity contribution in [2.75, 3.05) is 27.3 Å². The van der Waals surface area contributed by atoms with Crippen LogP contribution in [-0.4, -0.2) is 53.2 Å². The third-order valence-electron chi connectivity index (χ3n) is 4.48. The molecule has 8 nitrogen and oxygen atoms in total. The first kappa shape index (κ1) is 17.5. The lowest BCUT2D eigenvalue weighted by Gasteiger charge is -2.17. The van der Waals surface area contributed by atoms with Crippen LogP contribution >= 0.6 is 11.3 Å². The fourth-order valence-electron chi connectivity index (χ4n) is 3.08. The number of ether oxygens (including phenoxy) is 2. The Hall–Kier alpha value is -2.94. The molecule has 3 aromatic heterocycles. The number of rotatable bonds is 5. The maximum atomic E-state index is 12.9. The first-order valence-electron chi connectivity index (χ1n) is 8.45. The van der Waals surface area contributed by atoms with Crippen LogP contribution in [-0.2, 0) is 0 Å². The van der Waals surface area contributed by atoms with Gasteiger partial charge in [0.2, 0.25) is 11.8 Å². The lowest BCUT2D eigenvalue weighted by molar-refractivity contribution is 0.0786. The fourth-order valence-corrected chi connectivity index (χ4v) is 3.73. The maximum Gasteiger partial charge on any atom is 0.267 e. The zero-order chi connectivity index (χ0) is 18.8. The molecule has 1 aliphatic rings. The minimum Gasteiger partial charge on any atom is -0.481 e. The Labute approximate surface area is 159 Å². The minimum atomic E-state index is -0.133. The average Bonchev–Trinajstić information content (AvgIpc) is 3.46. The summed E-state index contributed by atoms with van der Waals surface area (Å²) in [5.41, 5.74) is 0.409. The minimum absolute atomic E-state index is 0.0450. The van der Waals surface area contributed by atoms with Gasteiger partial charge in [0.1, 0.15) is 5.56 Å². The van der Waals surface area contributed by atoms with Crippen LogP contribution in [0, 0.1) is 0 Å². The number of hydrogen-bond acceptors (Lipinski definition) is 8. The Balaban J connectivity index is 1.49. The van der Waals surface area contributed by atoms with Crippen molar-refractivity contribution >= 4 is 17.2 Å². The Morgan fingerprint density at radius 2 is 2.15 bits per heavy atom. The van der Waals surface area contributed by atoms with Gasteiger partial charge < -0.3 is 18.9 Å². The molecule has 1 fully saturated rings. The van der Waals surface area contributed by atoms with Gasteiger partial charge in [-0.05, 0) is 23.9 Å². The number of nitrogens with zero attached hydrogens (tertiary/aromatic N) is 4. The fraction of sp³-hybridized carbons (Fsp3) is 0.333. The number of likely N-dealkylation sites (tertiary alicyclic amines) is 1. The number of carbonyl (C=O) groups is 1. The van der Waals surface area contributed by atoms with Crippen molar-refractivity contribution in [2.45, 2.75) is 12.3 Å². The van der Waals surface area contributed by atoms with Crippen molar-refractivity contribution in [3.63, 3.8) is 0 Å². The van der Waals surface area contributed by atoms with E-state index in [2.05, 4.69) is 15.1 Å². The van der Waals surface area contributed by atoms with Gasteiger partial charge >= 0.3 is 0 Å². The quantitative estimate of drug-likeness (QED) is 0.666. The van der Waals surface area contributed by atoms with E-state index >= 15 is 0 Å². The number of aromatic nitrogens is 3. The highest BCUT2D eigenvalue weighted by Gasteiger charge is 2.32. The van der Waals surface area contributed by atoms with Crippen LogP contribution in [0.3, 0.4) is 0 Å². The van der Waals surface area contributed by atoms with Crippen LogP contribution < -0.4 is 9.47 Å². The molecule has 1 aliphatic heterocycles. The average molecular weight is 386 g/mol. The van der Waals surface area contributed by atoms with Crippen molar-refractivity contribution in [2.24, 2.45) is 0 Å². The third kappa shape index (κ3) is 3.37. The topological polar surface area (TPSA) is 90.6 Å². The van der Waals surface area contributed by atoms with Crippen LogP contribution in [0.1, 0.15) is 28.5 Å². The third-order valence-corrected chi connectivity index (χ3v) is 5.34. The summed E-state index contributed by atoms with van der Waals surface area (Å²) in [5.74, 6) is 1.72. The summed E-state index contributed by atoms with van der Waals surface area (Å²) in [6, 6.07) is 7.20. The van der Waals surface area contributed by atoms with Gasteiger partial charge in [-0.2, -0.15) is 9.97 Å². The van der Waals surface area contributed by atoms with Crippen molar-refractivity contribution in [1.82, 2.24) is 20.0 Å². The molecule has 0 aromatic carbocycles. The number of carbonyl (C=O) groups excluding carboxylic acids is 1. The molecule has 0 aliphatic carbocycles. The number of thiophene rings is 1. The zero-order valence-corrected chi connectivity index (χ0v) is 15.7. The largest absolute Gasteiger partial charge is 0.481 e. The van der Waals surface area contributed by atoms with Crippen LogP contribution in [0.15, 0.2) is 34.2 Å². The van der Waals surface area contributed by atoms with Crippen molar-refractivity contribution in [3.8, 4) is 22.5 Å². The van der Waals surface area contributed by atoms with E-state index in [9.17, 15) is 4.79 Å². The number of amides is 1. The molecule has 0 saturated carbocycles. The highest BCUT2D eigenvalue weighted by molar-refractivity contribution is 7.13. The van der Waals surface area contributed by atoms with Gasteiger partial charge in [-0.15, -0.1) is 11.3 Å². The summed E-state index contributed by atoms with van der Waals surface area (Å²) in [6.07, 6.45) is 0.779. The van der Waals surface area contributed by atoms with Gasteiger partial charge in [0, 0.05) is 25.1 Å². The summed E-state index contributed by atoms with van der Waals surface area (Å²) in [7, 11) is 3.00. The van der Waals surface area contributed by atoms with Crippen molar-refractivity contribution in [3.05, 3.63) is 41.0 Å². The molecular formula is C18H18N4O4S. The molecule has 1 unspecified atom stereocenters. The van der Waals surface area contributed by atoms with Crippen molar-refractivity contribution < 1.29 is 18.8 Å². The summed E-state index contributed by atoms with van der Waals surface area (Å²) < 4.78 is 15.7. The molecule has 4 heterocycles. The monoisotopic (exact) mass is 386 g/mol. The zero-order valence-electron chi connectivity index (χ0n) is 14.9. The summed E-state index contributed by atoms with van der Waals surface area (Å²) >= 11 is 1.55. The van der Waals surface area contributed by atoms with E-state index in [1.165, 1.54) is 14.2 Å². The molecule has 1 atom stereocenters. The summed E-state index contributed by atoms with van der Waals surface area (Å²) in [5, 5.41) is 6.07. The van der Waals surface area contributed by atoms with E-state index in [4.69, 9.17) is 14.0 Å². The molecule has 140 valence electrons. The molecule has 0 radical (unpaired) electrons. The molecule has 1 saturated heterocycles. The van der Waals surface area contributed by atoms with E-state index in [0.717, 1.165) is 11.3 Å². The predicted octanol–water partition coefficient (Wildman–Crippen LogP) is 2.84. The second kappa shape index (κ2) is 7.36. The van der Waals surface area contributed by atoms with Gasteiger partial charge in [-0.1, -0.05) is 11.2 Å². The van der Waals surface area contributed by atoms with Gasteiger partial charge in [0.05, 0.1) is 19.1 Å². The Morgan fingerprint density at radius 1 is 1.26 bits per heavy atom. The van der Waals surface area contributed by atoms with Gasteiger partial charge in [0.15, 0.2) is 5.82 Å². The highest BCUT2D eigenvalue weighted by atomic mass is 32.1. The van der Waals surface area contributed by atoms with Gasteiger partial charge in [-0.3, -0.25) is 4.79 Å². The molecule has 0 spiro atoms. The standard InChI is InChI=1S/C18H18N4O4S/c1-24-14-6-5-12(16(19-14)25-2)18(23)22-8-7-11(10-22)15-20-17(26-21-15)13-4-3-9-27-13/h3-6,9,11H,7-8,10H2,1-2H3. The highest BCUT2D eigenvalue weighted by Crippen LogP contribution is 2.31. The number of pyridine rings is 1. The van der Waals surface area contributed by atoms with Gasteiger partial charge in [-0.25, -0.2) is 0 Å². The molecule has 0 bridgehead atoms. The Kier molecular flexibility index (Phi) is 4.76. The smallest absolute Gasteiger partial charge is 0.267 e. The van der Waals surface area contributed by atoms with E-state index in [0.29, 0.717) is 36.2 Å². The van der Waals surface area contributed by atoms with Crippen LogP contribution in [0.4, 0.5) is 0 Å².